The Morgan fingerprint density at radius 1 is 1.26 bits per heavy atom. The first kappa shape index (κ1) is 15.0. The smallest absolute Gasteiger partial charge is 0.309 e. The summed E-state index contributed by atoms with van der Waals surface area (Å²) in [6.45, 7) is 3.07. The quantitative estimate of drug-likeness (QED) is 0.886. The minimum atomic E-state index is -1.07. The number of carbonyl (C=O) groups excluding carboxylic acids is 1. The predicted octanol–water partition coefficient (Wildman–Crippen LogP) is 2.16. The second-order valence-corrected chi connectivity index (χ2v) is 5.02. The molecule has 104 valence electrons. The predicted molar refractivity (Wildman–Crippen MR) is 72.4 cm³/mol. The van der Waals surface area contributed by atoms with Crippen LogP contribution in [0, 0.1) is 5.41 Å². The van der Waals surface area contributed by atoms with Gasteiger partial charge in [0.05, 0.1) is 12.5 Å². The van der Waals surface area contributed by atoms with Crippen molar-refractivity contribution in [2.45, 2.75) is 20.3 Å². The van der Waals surface area contributed by atoms with Gasteiger partial charge in [-0.25, -0.2) is 0 Å². The molecule has 0 aliphatic carbocycles. The van der Waals surface area contributed by atoms with Crippen LogP contribution < -0.4 is 9.64 Å². The Morgan fingerprint density at radius 3 is 2.21 bits per heavy atom. The monoisotopic (exact) mass is 265 g/mol. The van der Waals surface area contributed by atoms with E-state index >= 15 is 0 Å². The van der Waals surface area contributed by atoms with E-state index < -0.39 is 11.4 Å². The summed E-state index contributed by atoms with van der Waals surface area (Å²) in [5.74, 6) is -0.517. The third-order valence-electron chi connectivity index (χ3n) is 3.01. The number of carboxylic acid groups (broad SMARTS) is 1. The number of rotatable bonds is 5. The van der Waals surface area contributed by atoms with E-state index in [4.69, 9.17) is 9.84 Å². The normalized spacial score (nSPS) is 10.9. The van der Waals surface area contributed by atoms with Gasteiger partial charge in [-0.2, -0.15) is 0 Å². The second-order valence-electron chi connectivity index (χ2n) is 5.02. The number of methoxy groups -OCH3 is 1. The van der Waals surface area contributed by atoms with Crippen molar-refractivity contribution >= 4 is 17.6 Å². The second kappa shape index (κ2) is 5.73. The van der Waals surface area contributed by atoms with Crippen molar-refractivity contribution in [1.82, 2.24) is 0 Å². The molecule has 0 heterocycles. The van der Waals surface area contributed by atoms with E-state index in [-0.39, 0.29) is 12.3 Å². The van der Waals surface area contributed by atoms with E-state index in [0.717, 1.165) is 0 Å². The number of hydrogen-bond donors (Lipinski definition) is 1. The average Bonchev–Trinajstić information content (AvgIpc) is 2.37. The minimum Gasteiger partial charge on any atom is -0.497 e. The Kier molecular flexibility index (Phi) is 4.53. The molecule has 1 aromatic rings. The fourth-order valence-corrected chi connectivity index (χ4v) is 1.52. The number of anilines is 1. The summed E-state index contributed by atoms with van der Waals surface area (Å²) in [6, 6.07) is 7.01. The van der Waals surface area contributed by atoms with Crippen LogP contribution in [0.4, 0.5) is 5.69 Å². The van der Waals surface area contributed by atoms with Crippen molar-refractivity contribution < 1.29 is 19.4 Å². The summed E-state index contributed by atoms with van der Waals surface area (Å²) < 4.78 is 5.04. The zero-order valence-electron chi connectivity index (χ0n) is 11.6. The van der Waals surface area contributed by atoms with Crippen LogP contribution in [0.1, 0.15) is 20.3 Å². The molecule has 19 heavy (non-hydrogen) atoms. The molecule has 5 nitrogen and oxygen atoms in total. The summed E-state index contributed by atoms with van der Waals surface area (Å²) in [5, 5.41) is 9.02. The Morgan fingerprint density at radius 2 is 1.79 bits per heavy atom. The van der Waals surface area contributed by atoms with Crippen molar-refractivity contribution in [1.29, 1.82) is 0 Å². The first-order valence-electron chi connectivity index (χ1n) is 5.92. The summed E-state index contributed by atoms with van der Waals surface area (Å²) in [7, 11) is 3.20. The highest BCUT2D eigenvalue weighted by Gasteiger charge is 2.31. The van der Waals surface area contributed by atoms with E-state index in [9.17, 15) is 9.59 Å². The van der Waals surface area contributed by atoms with Gasteiger partial charge in [-0.15, -0.1) is 0 Å². The summed E-state index contributed by atoms with van der Waals surface area (Å²) in [6.07, 6.45) is -0.0507. The summed E-state index contributed by atoms with van der Waals surface area (Å²) in [4.78, 5) is 24.5. The molecule has 0 saturated heterocycles. The van der Waals surface area contributed by atoms with Crippen LogP contribution in [-0.2, 0) is 9.59 Å². The molecular formula is C14H19NO4. The minimum absolute atomic E-state index is 0.0507. The van der Waals surface area contributed by atoms with Gasteiger partial charge < -0.3 is 14.7 Å². The summed E-state index contributed by atoms with van der Waals surface area (Å²) in [5.41, 5.74) is -0.371. The molecule has 0 saturated carbocycles. The molecule has 1 aromatic carbocycles. The molecule has 1 amide bonds. The molecule has 0 unspecified atom stereocenters. The molecule has 0 atom stereocenters. The van der Waals surface area contributed by atoms with E-state index in [2.05, 4.69) is 0 Å². The van der Waals surface area contributed by atoms with E-state index in [0.29, 0.717) is 11.4 Å². The number of hydrogen-bond acceptors (Lipinski definition) is 3. The van der Waals surface area contributed by atoms with Crippen molar-refractivity contribution in [3.63, 3.8) is 0 Å². The lowest BCUT2D eigenvalue weighted by atomic mass is 9.89. The van der Waals surface area contributed by atoms with Gasteiger partial charge in [-0.3, -0.25) is 9.59 Å². The number of carboxylic acids is 1. The van der Waals surface area contributed by atoms with Crippen LogP contribution in [0.15, 0.2) is 24.3 Å². The Labute approximate surface area is 112 Å². The van der Waals surface area contributed by atoms with Gasteiger partial charge in [0.2, 0.25) is 5.91 Å². The number of benzene rings is 1. The lowest BCUT2D eigenvalue weighted by molar-refractivity contribution is -0.149. The zero-order chi connectivity index (χ0) is 14.6. The van der Waals surface area contributed by atoms with Gasteiger partial charge in [0, 0.05) is 19.2 Å². The molecule has 0 spiro atoms. The molecule has 0 aliphatic rings. The zero-order valence-corrected chi connectivity index (χ0v) is 11.6. The van der Waals surface area contributed by atoms with E-state index in [1.165, 1.54) is 18.7 Å². The van der Waals surface area contributed by atoms with Crippen molar-refractivity contribution in [2.24, 2.45) is 5.41 Å². The van der Waals surface area contributed by atoms with Gasteiger partial charge in [-0.1, -0.05) is 0 Å². The highest BCUT2D eigenvalue weighted by molar-refractivity contribution is 5.95. The third-order valence-corrected chi connectivity index (χ3v) is 3.01. The van der Waals surface area contributed by atoms with Gasteiger partial charge in [0.15, 0.2) is 0 Å². The van der Waals surface area contributed by atoms with Crippen molar-refractivity contribution in [3.05, 3.63) is 24.3 Å². The maximum Gasteiger partial charge on any atom is 0.309 e. The van der Waals surface area contributed by atoms with Crippen LogP contribution >= 0.6 is 0 Å². The fourth-order valence-electron chi connectivity index (χ4n) is 1.52. The number of ether oxygens (including phenoxy) is 1. The number of aliphatic carboxylic acids is 1. The summed E-state index contributed by atoms with van der Waals surface area (Å²) >= 11 is 0. The van der Waals surface area contributed by atoms with Crippen LogP contribution in [0.5, 0.6) is 5.75 Å². The molecular weight excluding hydrogens is 246 g/mol. The molecule has 0 radical (unpaired) electrons. The lowest BCUT2D eigenvalue weighted by Crippen LogP contribution is -2.34. The van der Waals surface area contributed by atoms with Gasteiger partial charge in [0.25, 0.3) is 0 Å². The van der Waals surface area contributed by atoms with Gasteiger partial charge in [0.1, 0.15) is 5.75 Å². The Bertz CT molecular complexity index is 465. The largest absolute Gasteiger partial charge is 0.497 e. The number of carbonyl (C=O) groups is 2. The molecule has 0 aliphatic heterocycles. The molecule has 0 fully saturated rings. The molecule has 0 aromatic heterocycles. The fraction of sp³-hybridized carbons (Fsp3) is 0.429. The Hall–Kier alpha value is -2.04. The third kappa shape index (κ3) is 3.71. The van der Waals surface area contributed by atoms with Crippen LogP contribution in [0.25, 0.3) is 0 Å². The molecule has 0 bridgehead atoms. The van der Waals surface area contributed by atoms with Crippen molar-refractivity contribution in [2.75, 3.05) is 19.1 Å². The number of nitrogens with zero attached hydrogens (tertiary/aromatic N) is 1. The maximum absolute atomic E-state index is 12.0. The highest BCUT2D eigenvalue weighted by Crippen LogP contribution is 2.24. The van der Waals surface area contributed by atoms with Crippen molar-refractivity contribution in [3.8, 4) is 5.75 Å². The highest BCUT2D eigenvalue weighted by atomic mass is 16.5. The standard InChI is InChI=1S/C14H19NO4/c1-14(2,13(17)18)9-12(16)15(3)10-5-7-11(19-4)8-6-10/h5-8H,9H2,1-4H3,(H,17,18). The van der Waals surface area contributed by atoms with E-state index in [1.54, 1.807) is 38.4 Å². The first-order chi connectivity index (χ1) is 8.77. The van der Waals surface area contributed by atoms with Crippen LogP contribution in [-0.4, -0.2) is 31.1 Å². The van der Waals surface area contributed by atoms with E-state index in [1.807, 2.05) is 0 Å². The maximum atomic E-state index is 12.0. The number of amides is 1. The van der Waals surface area contributed by atoms with Crippen LogP contribution in [0.2, 0.25) is 0 Å². The topological polar surface area (TPSA) is 66.8 Å². The molecule has 1 N–H and O–H groups in total. The van der Waals surface area contributed by atoms with Gasteiger partial charge >= 0.3 is 5.97 Å². The average molecular weight is 265 g/mol. The first-order valence-corrected chi connectivity index (χ1v) is 5.92. The SMILES string of the molecule is COc1ccc(N(C)C(=O)CC(C)(C)C(=O)O)cc1. The molecule has 1 rings (SSSR count). The molecule has 5 heteroatoms. The lowest BCUT2D eigenvalue weighted by Gasteiger charge is -2.23. The van der Waals surface area contributed by atoms with Gasteiger partial charge in [-0.05, 0) is 38.1 Å². The van der Waals surface area contributed by atoms with Crippen LogP contribution in [0.3, 0.4) is 0 Å². The Balaban J connectivity index is 2.79.